The smallest absolute Gasteiger partial charge is 0.274 e. The average Bonchev–Trinajstić information content (AvgIpc) is 3.04. The summed E-state index contributed by atoms with van der Waals surface area (Å²) in [4.78, 5) is 22.7. The summed E-state index contributed by atoms with van der Waals surface area (Å²) in [5, 5.41) is 8.46. The molecule has 1 amide bonds. The number of hydrogen-bond donors (Lipinski definition) is 0. The Morgan fingerprint density at radius 1 is 1.20 bits per heavy atom. The van der Waals surface area contributed by atoms with Crippen molar-refractivity contribution in [1.82, 2.24) is 29.6 Å². The third kappa shape index (κ3) is 3.00. The highest BCUT2D eigenvalue weighted by Gasteiger charge is 2.31. The largest absolute Gasteiger partial charge is 0.328 e. The number of hydrogen-bond acceptors (Lipinski definition) is 5. The van der Waals surface area contributed by atoms with Crippen LogP contribution in [0, 0.1) is 6.92 Å². The molecule has 0 saturated carbocycles. The summed E-state index contributed by atoms with van der Waals surface area (Å²) in [6.07, 6.45) is 5.41. The fourth-order valence-electron chi connectivity index (χ4n) is 3.34. The first-order valence-corrected chi connectivity index (χ1v) is 8.22. The normalized spacial score (nSPS) is 16.5. The molecular weight excluding hydrogens is 316 g/mol. The Kier molecular flexibility index (Phi) is 3.97. The summed E-state index contributed by atoms with van der Waals surface area (Å²) < 4.78 is 2.15. The van der Waals surface area contributed by atoms with Crippen molar-refractivity contribution in [1.29, 1.82) is 0 Å². The van der Waals surface area contributed by atoms with Gasteiger partial charge in [-0.05, 0) is 18.9 Å². The molecule has 25 heavy (non-hydrogen) atoms. The van der Waals surface area contributed by atoms with Gasteiger partial charge < -0.3 is 9.47 Å². The van der Waals surface area contributed by atoms with Crippen molar-refractivity contribution in [3.05, 3.63) is 71.8 Å². The van der Waals surface area contributed by atoms with E-state index >= 15 is 0 Å². The molecule has 4 rings (SSSR count). The number of fused-ring (bicyclic) bond motifs is 1. The highest BCUT2D eigenvalue weighted by Crippen LogP contribution is 2.25. The van der Waals surface area contributed by atoms with Crippen molar-refractivity contribution in [3.63, 3.8) is 0 Å². The summed E-state index contributed by atoms with van der Waals surface area (Å²) in [6, 6.07) is 10.4. The zero-order chi connectivity index (χ0) is 17.2. The molecule has 1 aliphatic heterocycles. The quantitative estimate of drug-likeness (QED) is 0.730. The Morgan fingerprint density at radius 2 is 2.04 bits per heavy atom. The van der Waals surface area contributed by atoms with Crippen LogP contribution in [0.2, 0.25) is 0 Å². The average molecular weight is 334 g/mol. The molecule has 3 aromatic rings. The van der Waals surface area contributed by atoms with Crippen molar-refractivity contribution in [2.75, 3.05) is 6.54 Å². The third-order valence-corrected chi connectivity index (χ3v) is 4.45. The van der Waals surface area contributed by atoms with Crippen molar-refractivity contribution in [3.8, 4) is 0 Å². The highest BCUT2D eigenvalue weighted by molar-refractivity contribution is 5.92. The van der Waals surface area contributed by atoms with E-state index in [0.717, 1.165) is 18.1 Å². The van der Waals surface area contributed by atoms with Gasteiger partial charge in [0.15, 0.2) is 5.82 Å². The standard InChI is InChI=1S/C18H18N6O/c1-13-21-22-17-12-23(18(25)16-10-19-7-8-20-16)11-15(24(13)17)9-14-5-3-2-4-6-14/h2-8,10,15H,9,11-12H2,1H3/t15-/m1/s1. The van der Waals surface area contributed by atoms with Crippen LogP contribution in [-0.2, 0) is 13.0 Å². The molecule has 126 valence electrons. The summed E-state index contributed by atoms with van der Waals surface area (Å²) >= 11 is 0. The molecule has 0 bridgehead atoms. The summed E-state index contributed by atoms with van der Waals surface area (Å²) in [5.74, 6) is 1.56. The van der Waals surface area contributed by atoms with Crippen LogP contribution >= 0.6 is 0 Å². The van der Waals surface area contributed by atoms with Crippen molar-refractivity contribution in [2.24, 2.45) is 0 Å². The number of amides is 1. The molecule has 1 atom stereocenters. The lowest BCUT2D eigenvalue weighted by atomic mass is 10.0. The number of carbonyl (C=O) groups excluding carboxylic acids is 1. The van der Waals surface area contributed by atoms with E-state index in [1.165, 1.54) is 18.0 Å². The molecule has 0 saturated heterocycles. The van der Waals surface area contributed by atoms with E-state index in [9.17, 15) is 4.79 Å². The second-order valence-electron chi connectivity index (χ2n) is 6.15. The second kappa shape index (κ2) is 6.43. The van der Waals surface area contributed by atoms with Crippen LogP contribution in [0.3, 0.4) is 0 Å². The maximum Gasteiger partial charge on any atom is 0.274 e. The topological polar surface area (TPSA) is 76.8 Å². The van der Waals surface area contributed by atoms with E-state index in [1.54, 1.807) is 11.1 Å². The van der Waals surface area contributed by atoms with Crippen molar-refractivity contribution < 1.29 is 4.79 Å². The lowest BCUT2D eigenvalue weighted by Crippen LogP contribution is -2.42. The highest BCUT2D eigenvalue weighted by atomic mass is 16.2. The molecule has 3 heterocycles. The minimum absolute atomic E-state index is 0.0989. The Hall–Kier alpha value is -3.09. The van der Waals surface area contributed by atoms with Crippen LogP contribution in [0.5, 0.6) is 0 Å². The third-order valence-electron chi connectivity index (χ3n) is 4.45. The first kappa shape index (κ1) is 15.4. The molecule has 0 unspecified atom stereocenters. The fourth-order valence-corrected chi connectivity index (χ4v) is 3.34. The second-order valence-corrected chi connectivity index (χ2v) is 6.15. The molecular formula is C18H18N6O. The molecule has 2 aromatic heterocycles. The van der Waals surface area contributed by atoms with Gasteiger partial charge in [-0.15, -0.1) is 10.2 Å². The van der Waals surface area contributed by atoms with Gasteiger partial charge in [-0.1, -0.05) is 30.3 Å². The van der Waals surface area contributed by atoms with Gasteiger partial charge in [0.25, 0.3) is 5.91 Å². The first-order valence-electron chi connectivity index (χ1n) is 8.22. The monoisotopic (exact) mass is 334 g/mol. The van der Waals surface area contributed by atoms with Crippen LogP contribution in [0.25, 0.3) is 0 Å². The zero-order valence-electron chi connectivity index (χ0n) is 13.9. The number of aryl methyl sites for hydroxylation is 1. The van der Waals surface area contributed by atoms with E-state index in [-0.39, 0.29) is 11.9 Å². The van der Waals surface area contributed by atoms with Gasteiger partial charge in [0.1, 0.15) is 11.5 Å². The summed E-state index contributed by atoms with van der Waals surface area (Å²) in [7, 11) is 0. The Labute approximate surface area is 145 Å². The molecule has 1 aromatic carbocycles. The van der Waals surface area contributed by atoms with Crippen LogP contribution in [0.4, 0.5) is 0 Å². The van der Waals surface area contributed by atoms with Gasteiger partial charge in [-0.3, -0.25) is 9.78 Å². The lowest BCUT2D eigenvalue weighted by Gasteiger charge is -2.34. The van der Waals surface area contributed by atoms with Crippen LogP contribution < -0.4 is 0 Å². The Balaban J connectivity index is 1.64. The SMILES string of the molecule is Cc1nnc2n1[C@H](Cc1ccccc1)CN(C(=O)c1cnccn1)C2. The number of carbonyl (C=O) groups is 1. The molecule has 0 radical (unpaired) electrons. The summed E-state index contributed by atoms with van der Waals surface area (Å²) in [6.45, 7) is 2.98. The minimum Gasteiger partial charge on any atom is -0.328 e. The van der Waals surface area contributed by atoms with Crippen molar-refractivity contribution in [2.45, 2.75) is 25.9 Å². The first-order chi connectivity index (χ1) is 12.2. The van der Waals surface area contributed by atoms with Crippen LogP contribution in [0.1, 0.15) is 33.7 Å². The molecule has 7 heteroatoms. The Morgan fingerprint density at radius 3 is 2.80 bits per heavy atom. The predicted molar refractivity (Wildman–Crippen MR) is 90.7 cm³/mol. The van der Waals surface area contributed by atoms with Gasteiger partial charge >= 0.3 is 0 Å². The molecule has 0 N–H and O–H groups in total. The van der Waals surface area contributed by atoms with E-state index in [4.69, 9.17) is 0 Å². The molecule has 7 nitrogen and oxygen atoms in total. The number of rotatable bonds is 3. The van der Waals surface area contributed by atoms with E-state index in [0.29, 0.717) is 18.8 Å². The summed E-state index contributed by atoms with van der Waals surface area (Å²) in [5.41, 5.74) is 1.58. The van der Waals surface area contributed by atoms with Gasteiger partial charge in [-0.2, -0.15) is 0 Å². The Bertz CT molecular complexity index is 877. The lowest BCUT2D eigenvalue weighted by molar-refractivity contribution is 0.0665. The van der Waals surface area contributed by atoms with Crippen LogP contribution in [0.15, 0.2) is 48.9 Å². The molecule has 1 aliphatic rings. The zero-order valence-corrected chi connectivity index (χ0v) is 13.9. The van der Waals surface area contributed by atoms with Gasteiger partial charge in [0, 0.05) is 18.9 Å². The molecule has 0 spiro atoms. The minimum atomic E-state index is -0.127. The van der Waals surface area contributed by atoms with Gasteiger partial charge in [0.05, 0.1) is 18.8 Å². The van der Waals surface area contributed by atoms with E-state index in [1.807, 2.05) is 25.1 Å². The van der Waals surface area contributed by atoms with Crippen molar-refractivity contribution >= 4 is 5.91 Å². The maximum atomic E-state index is 12.8. The molecule has 0 fully saturated rings. The number of nitrogens with zero attached hydrogens (tertiary/aromatic N) is 6. The van der Waals surface area contributed by atoms with Crippen LogP contribution in [-0.4, -0.2) is 42.1 Å². The fraction of sp³-hybridized carbons (Fsp3) is 0.278. The number of aromatic nitrogens is 5. The number of benzene rings is 1. The van der Waals surface area contributed by atoms with E-state index < -0.39 is 0 Å². The molecule has 0 aliphatic carbocycles. The van der Waals surface area contributed by atoms with Gasteiger partial charge in [0.2, 0.25) is 0 Å². The predicted octanol–water partition coefficient (Wildman–Crippen LogP) is 1.82. The van der Waals surface area contributed by atoms with E-state index in [2.05, 4.69) is 36.9 Å². The van der Waals surface area contributed by atoms with Gasteiger partial charge in [-0.25, -0.2) is 4.98 Å². The maximum absolute atomic E-state index is 12.8.